The van der Waals surface area contributed by atoms with Crippen molar-refractivity contribution in [3.05, 3.63) is 38.4 Å². The van der Waals surface area contributed by atoms with Gasteiger partial charge in [-0.2, -0.15) is 0 Å². The van der Waals surface area contributed by atoms with Gasteiger partial charge in [0, 0.05) is 60.2 Å². The summed E-state index contributed by atoms with van der Waals surface area (Å²) in [6.07, 6.45) is 0.710. The summed E-state index contributed by atoms with van der Waals surface area (Å²) in [5.74, 6) is -0.398. The standard InChI is InChI=1S/C18H21ClFN3O/c1-9-7-23-11(8-21(9)3)5-13-16(23)12-6-14(19)10(2)15(20)17(12)22(4)18(13)24/h6,9,11H,5,7-8H2,1-4H3. The molecular weight excluding hydrogens is 329 g/mol. The molecule has 0 aliphatic carbocycles. The van der Waals surface area contributed by atoms with Crippen molar-refractivity contribution in [2.45, 2.75) is 32.4 Å². The van der Waals surface area contributed by atoms with E-state index < -0.39 is 5.82 Å². The molecule has 1 aromatic carbocycles. The Kier molecular flexibility index (Phi) is 3.45. The van der Waals surface area contributed by atoms with Gasteiger partial charge in [0.05, 0.1) is 11.2 Å². The average molecular weight is 350 g/mol. The van der Waals surface area contributed by atoms with E-state index in [4.69, 9.17) is 11.6 Å². The maximum atomic E-state index is 14.9. The van der Waals surface area contributed by atoms with Crippen LogP contribution in [0.25, 0.3) is 10.9 Å². The molecule has 24 heavy (non-hydrogen) atoms. The molecule has 0 radical (unpaired) electrons. The van der Waals surface area contributed by atoms with Gasteiger partial charge in [-0.1, -0.05) is 11.6 Å². The highest BCUT2D eigenvalue weighted by Crippen LogP contribution is 2.41. The lowest BCUT2D eigenvalue weighted by molar-refractivity contribution is 0.204. The first-order chi connectivity index (χ1) is 11.3. The van der Waals surface area contributed by atoms with E-state index in [1.165, 1.54) is 4.57 Å². The van der Waals surface area contributed by atoms with Crippen LogP contribution in [0.5, 0.6) is 0 Å². The van der Waals surface area contributed by atoms with Crippen LogP contribution in [0.1, 0.15) is 18.1 Å². The van der Waals surface area contributed by atoms with Crippen molar-refractivity contribution in [2.24, 2.45) is 7.05 Å². The van der Waals surface area contributed by atoms with Crippen LogP contribution in [0.15, 0.2) is 10.9 Å². The first kappa shape index (κ1) is 15.9. The minimum absolute atomic E-state index is 0.0946. The van der Waals surface area contributed by atoms with E-state index in [0.29, 0.717) is 28.6 Å². The van der Waals surface area contributed by atoms with Crippen molar-refractivity contribution in [1.82, 2.24) is 9.47 Å². The van der Waals surface area contributed by atoms with Crippen molar-refractivity contribution in [1.29, 1.82) is 0 Å². The lowest BCUT2D eigenvalue weighted by Crippen LogP contribution is -2.54. The minimum Gasteiger partial charge on any atom is -0.364 e. The summed E-state index contributed by atoms with van der Waals surface area (Å²) >= 11 is 6.26. The lowest BCUT2D eigenvalue weighted by Gasteiger charge is -2.42. The fraction of sp³-hybridized carbons (Fsp3) is 0.500. The zero-order valence-electron chi connectivity index (χ0n) is 14.4. The third-order valence-corrected chi connectivity index (χ3v) is 6.13. The van der Waals surface area contributed by atoms with Gasteiger partial charge in [-0.25, -0.2) is 4.39 Å². The summed E-state index contributed by atoms with van der Waals surface area (Å²) in [5.41, 5.74) is 2.33. The number of likely N-dealkylation sites (N-methyl/N-ethyl adjacent to an activating group) is 1. The van der Waals surface area contributed by atoms with Gasteiger partial charge < -0.3 is 9.47 Å². The average Bonchev–Trinajstić information content (AvgIpc) is 2.89. The Morgan fingerprint density at radius 1 is 1.29 bits per heavy atom. The molecule has 1 saturated heterocycles. The van der Waals surface area contributed by atoms with E-state index in [2.05, 4.69) is 23.8 Å². The maximum absolute atomic E-state index is 14.9. The summed E-state index contributed by atoms with van der Waals surface area (Å²) < 4.78 is 16.3. The fourth-order valence-corrected chi connectivity index (χ4v) is 4.35. The molecule has 0 amide bonds. The van der Waals surface area contributed by atoms with Gasteiger partial charge in [-0.15, -0.1) is 0 Å². The molecule has 2 aliphatic rings. The number of pyridine rings is 1. The highest BCUT2D eigenvalue weighted by molar-refractivity contribution is 6.32. The predicted molar refractivity (Wildman–Crippen MR) is 95.8 cm³/mol. The largest absolute Gasteiger partial charge is 0.364 e. The third-order valence-electron chi connectivity index (χ3n) is 5.74. The van der Waals surface area contributed by atoms with Crippen molar-refractivity contribution >= 4 is 28.2 Å². The number of hydrogen-bond acceptors (Lipinski definition) is 3. The van der Waals surface area contributed by atoms with Gasteiger partial charge in [0.1, 0.15) is 0 Å². The first-order valence-electron chi connectivity index (χ1n) is 8.28. The molecule has 1 aromatic heterocycles. The third kappa shape index (κ3) is 1.97. The Morgan fingerprint density at radius 3 is 2.71 bits per heavy atom. The number of rotatable bonds is 0. The summed E-state index contributed by atoms with van der Waals surface area (Å²) in [6.45, 7) is 5.57. The second-order valence-electron chi connectivity index (χ2n) is 7.18. The van der Waals surface area contributed by atoms with E-state index in [-0.39, 0.29) is 11.6 Å². The number of nitrogens with zero attached hydrogens (tertiary/aromatic N) is 3. The van der Waals surface area contributed by atoms with Crippen LogP contribution in [0.3, 0.4) is 0 Å². The van der Waals surface area contributed by atoms with Gasteiger partial charge in [0.15, 0.2) is 5.82 Å². The van der Waals surface area contributed by atoms with Gasteiger partial charge in [-0.05, 0) is 27.0 Å². The Balaban J connectivity index is 2.06. The second-order valence-corrected chi connectivity index (χ2v) is 7.59. The van der Waals surface area contributed by atoms with Gasteiger partial charge in [0.2, 0.25) is 0 Å². The molecule has 1 fully saturated rings. The Bertz CT molecular complexity index is 923. The van der Waals surface area contributed by atoms with E-state index in [1.54, 1.807) is 14.0 Å². The SMILES string of the molecule is Cc1c(Cl)cc2c3c(c(=O)n(C)c2c1F)CC1CN(C)C(C)CN31. The molecule has 3 heterocycles. The lowest BCUT2D eigenvalue weighted by atomic mass is 10.1. The summed E-state index contributed by atoms with van der Waals surface area (Å²) in [7, 11) is 3.76. The topological polar surface area (TPSA) is 28.5 Å². The number of aryl methyl sites for hydroxylation is 1. The highest BCUT2D eigenvalue weighted by Gasteiger charge is 2.39. The minimum atomic E-state index is -0.398. The quantitative estimate of drug-likeness (QED) is 0.732. The van der Waals surface area contributed by atoms with Gasteiger partial charge >= 0.3 is 0 Å². The maximum Gasteiger partial charge on any atom is 0.256 e. The van der Waals surface area contributed by atoms with Gasteiger partial charge in [-0.3, -0.25) is 9.69 Å². The monoisotopic (exact) mass is 349 g/mol. The summed E-state index contributed by atoms with van der Waals surface area (Å²) in [5, 5.41) is 1.16. The molecule has 2 aliphatic heterocycles. The van der Waals surface area contributed by atoms with Crippen molar-refractivity contribution in [3.63, 3.8) is 0 Å². The first-order valence-corrected chi connectivity index (χ1v) is 8.66. The fourth-order valence-electron chi connectivity index (χ4n) is 4.16. The highest BCUT2D eigenvalue weighted by atomic mass is 35.5. The zero-order valence-corrected chi connectivity index (χ0v) is 15.1. The van der Waals surface area contributed by atoms with E-state index in [1.807, 2.05) is 6.07 Å². The summed E-state index contributed by atoms with van der Waals surface area (Å²) in [6, 6.07) is 2.47. The van der Waals surface area contributed by atoms with E-state index >= 15 is 0 Å². The molecule has 0 N–H and O–H groups in total. The molecule has 4 nitrogen and oxygen atoms in total. The van der Waals surface area contributed by atoms with Crippen LogP contribution in [0.2, 0.25) is 5.02 Å². The number of benzene rings is 1. The molecule has 128 valence electrons. The predicted octanol–water partition coefficient (Wildman–Crippen LogP) is 2.70. The summed E-state index contributed by atoms with van der Waals surface area (Å²) in [4.78, 5) is 17.5. The van der Waals surface area contributed by atoms with Crippen molar-refractivity contribution in [3.8, 4) is 0 Å². The smallest absolute Gasteiger partial charge is 0.256 e. The van der Waals surface area contributed by atoms with Crippen LogP contribution >= 0.6 is 11.6 Å². The molecule has 2 atom stereocenters. The number of piperazine rings is 1. The number of aromatic nitrogens is 1. The molecule has 4 rings (SSSR count). The molecule has 0 bridgehead atoms. The molecule has 6 heteroatoms. The molecule has 2 unspecified atom stereocenters. The van der Waals surface area contributed by atoms with Crippen molar-refractivity contribution in [2.75, 3.05) is 25.0 Å². The molecule has 2 aromatic rings. The zero-order chi connectivity index (χ0) is 17.3. The normalized spacial score (nSPS) is 23.7. The van der Waals surface area contributed by atoms with Crippen LogP contribution < -0.4 is 10.5 Å². The Labute approximate surface area is 145 Å². The Morgan fingerprint density at radius 2 is 2.00 bits per heavy atom. The second kappa shape index (κ2) is 5.20. The van der Waals surface area contributed by atoms with Crippen LogP contribution in [0, 0.1) is 12.7 Å². The number of anilines is 1. The number of fused-ring (bicyclic) bond motifs is 5. The van der Waals surface area contributed by atoms with Gasteiger partial charge in [0.25, 0.3) is 5.56 Å². The van der Waals surface area contributed by atoms with E-state index in [9.17, 15) is 9.18 Å². The Hall–Kier alpha value is -1.59. The number of hydrogen-bond donors (Lipinski definition) is 0. The van der Waals surface area contributed by atoms with E-state index in [0.717, 1.165) is 29.7 Å². The van der Waals surface area contributed by atoms with Crippen molar-refractivity contribution < 1.29 is 4.39 Å². The number of halogens is 2. The molecule has 0 saturated carbocycles. The molecular formula is C18H21ClFN3O. The van der Waals surface area contributed by atoms with Crippen LogP contribution in [-0.2, 0) is 13.5 Å². The molecule has 0 spiro atoms. The van der Waals surface area contributed by atoms with Crippen LogP contribution in [0.4, 0.5) is 10.1 Å². The van der Waals surface area contributed by atoms with Crippen LogP contribution in [-0.4, -0.2) is 41.7 Å².